The van der Waals surface area contributed by atoms with Gasteiger partial charge in [-0.1, -0.05) is 38.1 Å². The minimum Gasteiger partial charge on any atom is -0.260 e. The number of hydrogen-bond acceptors (Lipinski definition) is 2. The number of rotatable bonds is 4. The van der Waals surface area contributed by atoms with Crippen molar-refractivity contribution in [3.63, 3.8) is 0 Å². The minimum atomic E-state index is 0.580. The zero-order valence-electron chi connectivity index (χ0n) is 11.0. The van der Waals surface area contributed by atoms with Crippen LogP contribution in [-0.4, -0.2) is 10.7 Å². The maximum atomic E-state index is 4.35. The molecule has 1 atom stereocenters. The van der Waals surface area contributed by atoms with Gasteiger partial charge in [0.25, 0.3) is 0 Å². The molecule has 0 saturated heterocycles. The summed E-state index contributed by atoms with van der Waals surface area (Å²) in [5.41, 5.74) is 4.07. The third kappa shape index (κ3) is 3.61. The molecular weight excluding hydrogens is 238 g/mol. The lowest BCUT2D eigenvalue weighted by Crippen LogP contribution is -1.95. The van der Waals surface area contributed by atoms with Gasteiger partial charge in [-0.05, 0) is 41.5 Å². The standard InChI is InChI=1S/C10H15NS.C6H4/c1-3-10(12-4-2)9-7-5-6-8-11-9;1-2-5-4-6(5)3-1/h5-8,10H,3-4H2,1-2H3;1-4H. The first kappa shape index (κ1) is 13.2. The highest BCUT2D eigenvalue weighted by Crippen LogP contribution is 2.32. The van der Waals surface area contributed by atoms with Gasteiger partial charge in [-0.2, -0.15) is 11.8 Å². The highest BCUT2D eigenvalue weighted by molar-refractivity contribution is 7.99. The van der Waals surface area contributed by atoms with E-state index in [1.54, 1.807) is 0 Å². The van der Waals surface area contributed by atoms with Crippen LogP contribution in [0, 0.1) is 0 Å². The van der Waals surface area contributed by atoms with Crippen LogP contribution in [0.3, 0.4) is 0 Å². The van der Waals surface area contributed by atoms with Crippen LogP contribution in [0.25, 0.3) is 11.1 Å². The summed E-state index contributed by atoms with van der Waals surface area (Å²) >= 11 is 1.97. The third-order valence-electron chi connectivity index (χ3n) is 2.87. The molecule has 0 bridgehead atoms. The van der Waals surface area contributed by atoms with Gasteiger partial charge >= 0.3 is 0 Å². The van der Waals surface area contributed by atoms with Crippen LogP contribution < -0.4 is 0 Å². The summed E-state index contributed by atoms with van der Waals surface area (Å²) in [4.78, 5) is 4.35. The molecule has 0 saturated carbocycles. The quantitative estimate of drug-likeness (QED) is 0.655. The average molecular weight is 257 g/mol. The number of pyridine rings is 1. The van der Waals surface area contributed by atoms with Gasteiger partial charge in [-0.3, -0.25) is 4.98 Å². The predicted molar refractivity (Wildman–Crippen MR) is 80.8 cm³/mol. The normalized spacial score (nSPS) is 12.3. The molecule has 0 fully saturated rings. The fourth-order valence-corrected chi connectivity index (χ4v) is 2.80. The number of benzene rings is 1. The van der Waals surface area contributed by atoms with E-state index < -0.39 is 0 Å². The van der Waals surface area contributed by atoms with Crippen molar-refractivity contribution in [1.82, 2.24) is 4.98 Å². The highest BCUT2D eigenvalue weighted by Gasteiger charge is 2.08. The van der Waals surface area contributed by atoms with E-state index in [-0.39, 0.29) is 0 Å². The van der Waals surface area contributed by atoms with E-state index in [1.807, 2.05) is 24.0 Å². The van der Waals surface area contributed by atoms with Gasteiger partial charge in [0.2, 0.25) is 0 Å². The third-order valence-corrected chi connectivity index (χ3v) is 4.18. The van der Waals surface area contributed by atoms with Crippen molar-refractivity contribution < 1.29 is 0 Å². The lowest BCUT2D eigenvalue weighted by molar-refractivity contribution is 0.858. The summed E-state index contributed by atoms with van der Waals surface area (Å²) in [5.74, 6) is 1.16. The molecule has 1 aromatic rings. The number of hydrogen-bond donors (Lipinski definition) is 0. The second-order valence-electron chi connectivity index (χ2n) is 4.19. The van der Waals surface area contributed by atoms with Gasteiger partial charge in [-0.25, -0.2) is 0 Å². The lowest BCUT2D eigenvalue weighted by Gasteiger charge is -2.11. The first-order valence-corrected chi connectivity index (χ1v) is 7.53. The molecule has 1 unspecified atom stereocenters. The monoisotopic (exact) mass is 257 g/mol. The molecule has 1 aromatic heterocycles. The Labute approximate surface area is 114 Å². The summed E-state index contributed by atoms with van der Waals surface area (Å²) in [6.07, 6.45) is 3.03. The Bertz CT molecular complexity index is 464. The van der Waals surface area contributed by atoms with Gasteiger partial charge in [0.05, 0.1) is 5.69 Å². The largest absolute Gasteiger partial charge is 0.260 e. The number of aromatic nitrogens is 1. The number of nitrogens with zero attached hydrogens (tertiary/aromatic N) is 1. The molecule has 0 N–H and O–H groups in total. The van der Waals surface area contributed by atoms with Crippen molar-refractivity contribution >= 4 is 11.8 Å². The molecular formula is C16H19NS. The molecule has 2 aliphatic rings. The van der Waals surface area contributed by atoms with E-state index in [0.717, 1.165) is 12.2 Å². The maximum Gasteiger partial charge on any atom is 0.0533 e. The highest BCUT2D eigenvalue weighted by atomic mass is 32.2. The van der Waals surface area contributed by atoms with Crippen LogP contribution in [0.15, 0.2) is 48.7 Å². The van der Waals surface area contributed by atoms with Crippen molar-refractivity contribution in [2.24, 2.45) is 0 Å². The van der Waals surface area contributed by atoms with Crippen LogP contribution in [0.4, 0.5) is 0 Å². The summed E-state index contributed by atoms with van der Waals surface area (Å²) in [7, 11) is 0. The molecule has 1 nitrogen and oxygen atoms in total. The second-order valence-corrected chi connectivity index (χ2v) is 5.67. The molecule has 0 spiro atoms. The van der Waals surface area contributed by atoms with Gasteiger partial charge in [0, 0.05) is 11.4 Å². The smallest absolute Gasteiger partial charge is 0.0533 e. The molecule has 0 aliphatic heterocycles. The van der Waals surface area contributed by atoms with Crippen molar-refractivity contribution in [1.29, 1.82) is 0 Å². The summed E-state index contributed by atoms with van der Waals surface area (Å²) < 4.78 is 0. The topological polar surface area (TPSA) is 12.9 Å². The molecule has 1 heterocycles. The first-order valence-electron chi connectivity index (χ1n) is 6.48. The molecule has 0 aromatic carbocycles. The second kappa shape index (κ2) is 6.60. The molecule has 3 rings (SSSR count). The first-order chi connectivity index (χ1) is 8.85. The van der Waals surface area contributed by atoms with E-state index in [9.17, 15) is 0 Å². The SMILES string of the molecule is CCSC(CC)c1ccccn1.c1cc2cc-2c1. The van der Waals surface area contributed by atoms with Crippen LogP contribution in [0.1, 0.15) is 31.2 Å². The number of fused-ring (bicyclic) bond motifs is 1. The van der Waals surface area contributed by atoms with Gasteiger partial charge in [-0.15, -0.1) is 0 Å². The van der Waals surface area contributed by atoms with Crippen molar-refractivity contribution in [2.75, 3.05) is 5.75 Å². The Hall–Kier alpha value is -1.28. The summed E-state index contributed by atoms with van der Waals surface area (Å²) in [6.45, 7) is 4.40. The Kier molecular flexibility index (Phi) is 4.82. The zero-order valence-corrected chi connectivity index (χ0v) is 11.8. The van der Waals surface area contributed by atoms with Crippen molar-refractivity contribution in [3.8, 4) is 11.1 Å². The van der Waals surface area contributed by atoms with Crippen LogP contribution in [-0.2, 0) is 0 Å². The van der Waals surface area contributed by atoms with Crippen molar-refractivity contribution in [2.45, 2.75) is 25.5 Å². The van der Waals surface area contributed by atoms with Crippen molar-refractivity contribution in [3.05, 3.63) is 54.4 Å². The zero-order chi connectivity index (χ0) is 12.8. The van der Waals surface area contributed by atoms with E-state index >= 15 is 0 Å². The van der Waals surface area contributed by atoms with Gasteiger partial charge < -0.3 is 0 Å². The Morgan fingerprint density at radius 3 is 2.22 bits per heavy atom. The van der Waals surface area contributed by atoms with E-state index in [4.69, 9.17) is 0 Å². The molecule has 18 heavy (non-hydrogen) atoms. The summed E-state index contributed by atoms with van der Waals surface area (Å²) in [5, 5.41) is 0.580. The Morgan fingerprint density at radius 1 is 1.06 bits per heavy atom. The molecule has 2 heteroatoms. The Balaban J connectivity index is 0.000000164. The molecule has 0 radical (unpaired) electrons. The van der Waals surface area contributed by atoms with E-state index in [0.29, 0.717) is 5.25 Å². The average Bonchev–Trinajstić information content (AvgIpc) is 3.04. The molecule has 0 amide bonds. The molecule has 2 aliphatic carbocycles. The van der Waals surface area contributed by atoms with Gasteiger partial charge in [0.1, 0.15) is 0 Å². The summed E-state index contributed by atoms with van der Waals surface area (Å²) in [6, 6.07) is 14.6. The molecule has 94 valence electrons. The fraction of sp³-hybridized carbons (Fsp3) is 0.312. The van der Waals surface area contributed by atoms with Crippen LogP contribution in [0.2, 0.25) is 0 Å². The van der Waals surface area contributed by atoms with Crippen LogP contribution in [0.5, 0.6) is 0 Å². The number of thioether (sulfide) groups is 1. The Morgan fingerprint density at radius 2 is 1.83 bits per heavy atom. The van der Waals surface area contributed by atoms with Crippen LogP contribution >= 0.6 is 11.8 Å². The fourth-order valence-electron chi connectivity index (χ4n) is 1.86. The van der Waals surface area contributed by atoms with E-state index in [1.165, 1.54) is 16.8 Å². The minimum absolute atomic E-state index is 0.580. The maximum absolute atomic E-state index is 4.35. The predicted octanol–water partition coefficient (Wildman–Crippen LogP) is 4.95. The van der Waals surface area contributed by atoms with Gasteiger partial charge in [0.15, 0.2) is 0 Å². The lowest BCUT2D eigenvalue weighted by atomic mass is 10.2. The van der Waals surface area contributed by atoms with E-state index in [2.05, 4.69) is 55.2 Å².